The largest absolute Gasteiger partial charge is 0.355 e. The second kappa shape index (κ2) is 8.58. The third-order valence-corrected chi connectivity index (χ3v) is 5.08. The Hall–Kier alpha value is -2.22. The lowest BCUT2D eigenvalue weighted by molar-refractivity contribution is -0.121. The minimum Gasteiger partial charge on any atom is -0.355 e. The van der Waals surface area contributed by atoms with Crippen molar-refractivity contribution < 1.29 is 17.7 Å². The van der Waals surface area contributed by atoms with Crippen molar-refractivity contribution >= 4 is 15.7 Å². The van der Waals surface area contributed by atoms with Crippen LogP contribution in [0.4, 0.5) is 0 Å². The van der Waals surface area contributed by atoms with E-state index in [2.05, 4.69) is 15.5 Å². The molecule has 7 nitrogen and oxygen atoms in total. The van der Waals surface area contributed by atoms with Crippen LogP contribution in [0.1, 0.15) is 31.5 Å². The summed E-state index contributed by atoms with van der Waals surface area (Å²) in [6.07, 6.45) is 2.19. The molecule has 130 valence electrons. The maximum Gasteiger partial charge on any atom is 0.227 e. The van der Waals surface area contributed by atoms with E-state index >= 15 is 0 Å². The highest BCUT2D eigenvalue weighted by molar-refractivity contribution is 7.91. The first kappa shape index (κ1) is 18.1. The molecular formula is C16H21N3O4S. The van der Waals surface area contributed by atoms with E-state index in [1.54, 1.807) is 30.3 Å². The first-order chi connectivity index (χ1) is 11.5. The number of hydrogen-bond acceptors (Lipinski definition) is 6. The third kappa shape index (κ3) is 5.45. The lowest BCUT2D eigenvalue weighted by Gasteiger charge is -2.06. The van der Waals surface area contributed by atoms with Gasteiger partial charge in [0.2, 0.25) is 11.8 Å². The monoisotopic (exact) mass is 351 g/mol. The zero-order valence-corrected chi connectivity index (χ0v) is 14.4. The van der Waals surface area contributed by atoms with Crippen LogP contribution >= 0.6 is 0 Å². The van der Waals surface area contributed by atoms with Crippen LogP contribution in [0.15, 0.2) is 39.8 Å². The molecule has 2 rings (SSSR count). The number of rotatable bonds is 9. The van der Waals surface area contributed by atoms with Crippen LogP contribution in [0.25, 0.3) is 0 Å². The van der Waals surface area contributed by atoms with Crippen LogP contribution < -0.4 is 5.32 Å². The van der Waals surface area contributed by atoms with Crippen LogP contribution in [-0.4, -0.2) is 36.8 Å². The Labute approximate surface area is 141 Å². The fraction of sp³-hybridized carbons (Fsp3) is 0.438. The molecule has 1 heterocycles. The predicted octanol–water partition coefficient (Wildman–Crippen LogP) is 1.54. The molecule has 1 aromatic heterocycles. The second-order valence-electron chi connectivity index (χ2n) is 5.34. The number of benzene rings is 1. The molecule has 1 aromatic carbocycles. The fourth-order valence-electron chi connectivity index (χ4n) is 2.10. The Morgan fingerprint density at radius 1 is 1.21 bits per heavy atom. The Morgan fingerprint density at radius 2 is 1.96 bits per heavy atom. The molecule has 0 saturated heterocycles. The first-order valence-electron chi connectivity index (χ1n) is 7.87. The molecule has 0 aliphatic rings. The van der Waals surface area contributed by atoms with Crippen molar-refractivity contribution in [3.8, 4) is 0 Å². The zero-order valence-electron chi connectivity index (χ0n) is 13.6. The maximum absolute atomic E-state index is 12.1. The van der Waals surface area contributed by atoms with E-state index in [1.165, 1.54) is 0 Å². The standard InChI is InChI=1S/C16H21N3O4S/c1-2-6-14-18-16(23-19-14)10-9-15(20)17-11-12-24(21,22)13-7-4-3-5-8-13/h3-5,7-8H,2,6,9-12H2,1H3,(H,17,20). The first-order valence-corrected chi connectivity index (χ1v) is 9.52. The SMILES string of the molecule is CCCc1noc(CCC(=O)NCCS(=O)(=O)c2ccccc2)n1. The highest BCUT2D eigenvalue weighted by Crippen LogP contribution is 2.09. The zero-order chi connectivity index (χ0) is 17.4. The summed E-state index contributed by atoms with van der Waals surface area (Å²) in [4.78, 5) is 16.2. The van der Waals surface area contributed by atoms with Crippen LogP contribution in [-0.2, 0) is 27.5 Å². The average molecular weight is 351 g/mol. The molecule has 8 heteroatoms. The number of aryl methyl sites for hydroxylation is 2. The number of nitrogens with zero attached hydrogens (tertiary/aromatic N) is 2. The number of aromatic nitrogens is 2. The van der Waals surface area contributed by atoms with E-state index in [4.69, 9.17) is 4.52 Å². The number of nitrogens with one attached hydrogen (secondary N) is 1. The smallest absolute Gasteiger partial charge is 0.227 e. The summed E-state index contributed by atoms with van der Waals surface area (Å²) >= 11 is 0. The van der Waals surface area contributed by atoms with Gasteiger partial charge in [0, 0.05) is 25.8 Å². The van der Waals surface area contributed by atoms with Crippen LogP contribution in [0, 0.1) is 0 Å². The topological polar surface area (TPSA) is 102 Å². The van der Waals surface area contributed by atoms with E-state index in [0.29, 0.717) is 18.1 Å². The van der Waals surface area contributed by atoms with E-state index in [9.17, 15) is 13.2 Å². The van der Waals surface area contributed by atoms with E-state index < -0.39 is 9.84 Å². The Balaban J connectivity index is 1.73. The van der Waals surface area contributed by atoms with E-state index in [1.807, 2.05) is 6.92 Å². The molecule has 24 heavy (non-hydrogen) atoms. The maximum atomic E-state index is 12.1. The van der Waals surface area contributed by atoms with Crippen molar-refractivity contribution in [3.05, 3.63) is 42.0 Å². The number of amides is 1. The van der Waals surface area contributed by atoms with Gasteiger partial charge in [0.25, 0.3) is 0 Å². The van der Waals surface area contributed by atoms with Gasteiger partial charge in [0.15, 0.2) is 15.7 Å². The lowest BCUT2D eigenvalue weighted by atomic mass is 10.3. The molecule has 0 aliphatic carbocycles. The highest BCUT2D eigenvalue weighted by Gasteiger charge is 2.14. The molecule has 2 aromatic rings. The summed E-state index contributed by atoms with van der Waals surface area (Å²) in [6, 6.07) is 8.18. The average Bonchev–Trinajstić information content (AvgIpc) is 3.02. The predicted molar refractivity (Wildman–Crippen MR) is 88.1 cm³/mol. The molecule has 0 aliphatic heterocycles. The Bertz CT molecular complexity index is 757. The van der Waals surface area contributed by atoms with Gasteiger partial charge in [-0.05, 0) is 18.6 Å². The lowest BCUT2D eigenvalue weighted by Crippen LogP contribution is -2.29. The van der Waals surface area contributed by atoms with Gasteiger partial charge in [-0.2, -0.15) is 4.98 Å². The number of hydrogen-bond donors (Lipinski definition) is 1. The van der Waals surface area contributed by atoms with Gasteiger partial charge in [-0.3, -0.25) is 4.79 Å². The second-order valence-corrected chi connectivity index (χ2v) is 7.45. The van der Waals surface area contributed by atoms with Crippen molar-refractivity contribution in [1.82, 2.24) is 15.5 Å². The Kier molecular flexibility index (Phi) is 6.48. The van der Waals surface area contributed by atoms with Gasteiger partial charge in [0.05, 0.1) is 10.6 Å². The highest BCUT2D eigenvalue weighted by atomic mass is 32.2. The molecule has 0 spiro atoms. The molecule has 0 radical (unpaired) electrons. The summed E-state index contributed by atoms with van der Waals surface area (Å²) in [7, 11) is -3.38. The van der Waals surface area contributed by atoms with Crippen LogP contribution in [0.3, 0.4) is 0 Å². The summed E-state index contributed by atoms with van der Waals surface area (Å²) in [5, 5.41) is 6.42. The van der Waals surface area contributed by atoms with Crippen molar-refractivity contribution in [3.63, 3.8) is 0 Å². The molecule has 0 saturated carbocycles. The Morgan fingerprint density at radius 3 is 2.67 bits per heavy atom. The number of carbonyl (C=O) groups excluding carboxylic acids is 1. The quantitative estimate of drug-likeness (QED) is 0.735. The van der Waals surface area contributed by atoms with E-state index in [-0.39, 0.29) is 29.5 Å². The number of sulfone groups is 1. The molecule has 0 unspecified atom stereocenters. The van der Waals surface area contributed by atoms with Crippen molar-refractivity contribution in [2.24, 2.45) is 0 Å². The normalized spacial score (nSPS) is 11.4. The van der Waals surface area contributed by atoms with Gasteiger partial charge in [-0.15, -0.1) is 0 Å². The third-order valence-electron chi connectivity index (χ3n) is 3.34. The van der Waals surface area contributed by atoms with Crippen molar-refractivity contribution in [2.45, 2.75) is 37.5 Å². The minimum absolute atomic E-state index is 0.0704. The molecule has 0 bridgehead atoms. The summed E-state index contributed by atoms with van der Waals surface area (Å²) in [6.45, 7) is 2.09. The molecule has 1 amide bonds. The van der Waals surface area contributed by atoms with Crippen LogP contribution in [0.2, 0.25) is 0 Å². The van der Waals surface area contributed by atoms with Gasteiger partial charge in [-0.25, -0.2) is 8.42 Å². The minimum atomic E-state index is -3.38. The van der Waals surface area contributed by atoms with Gasteiger partial charge in [0.1, 0.15) is 0 Å². The summed E-state index contributed by atoms with van der Waals surface area (Å²) in [5.74, 6) is 0.685. The van der Waals surface area contributed by atoms with Gasteiger partial charge >= 0.3 is 0 Å². The van der Waals surface area contributed by atoms with Gasteiger partial charge in [-0.1, -0.05) is 30.3 Å². The molecule has 0 fully saturated rings. The van der Waals surface area contributed by atoms with Crippen molar-refractivity contribution in [2.75, 3.05) is 12.3 Å². The summed E-state index contributed by atoms with van der Waals surface area (Å²) < 4.78 is 29.2. The fourth-order valence-corrected chi connectivity index (χ4v) is 3.27. The van der Waals surface area contributed by atoms with Crippen LogP contribution in [0.5, 0.6) is 0 Å². The van der Waals surface area contributed by atoms with Crippen molar-refractivity contribution in [1.29, 1.82) is 0 Å². The molecule has 1 N–H and O–H groups in total. The molecular weight excluding hydrogens is 330 g/mol. The number of carbonyl (C=O) groups is 1. The van der Waals surface area contributed by atoms with Gasteiger partial charge < -0.3 is 9.84 Å². The molecule has 0 atom stereocenters. The van der Waals surface area contributed by atoms with E-state index in [0.717, 1.165) is 12.8 Å². The summed E-state index contributed by atoms with van der Waals surface area (Å²) in [5.41, 5.74) is 0.